The molecule has 0 radical (unpaired) electrons. The zero-order chi connectivity index (χ0) is 17.3. The SMILES string of the molecule is CC1(C)c2oc(Br)c3c2-n2c4c1cccc4c1cccc(c12)C3(C)C. The Morgan fingerprint density at radius 2 is 1.40 bits per heavy atom. The molecular weight excluding hydrogens is 374 g/mol. The summed E-state index contributed by atoms with van der Waals surface area (Å²) in [6.07, 6.45) is 0. The first-order valence-corrected chi connectivity index (χ1v) is 9.55. The number of hydrogen-bond donors (Lipinski definition) is 0. The van der Waals surface area contributed by atoms with Crippen LogP contribution in [0.1, 0.15) is 50.1 Å². The van der Waals surface area contributed by atoms with Crippen LogP contribution in [-0.2, 0) is 10.8 Å². The van der Waals surface area contributed by atoms with E-state index in [1.807, 2.05) is 0 Å². The molecule has 2 aromatic heterocycles. The molecule has 4 heterocycles. The highest BCUT2D eigenvalue weighted by atomic mass is 79.9. The van der Waals surface area contributed by atoms with Gasteiger partial charge in [-0.25, -0.2) is 0 Å². The van der Waals surface area contributed by atoms with Crippen molar-refractivity contribution >= 4 is 37.7 Å². The van der Waals surface area contributed by atoms with Crippen LogP contribution in [0, 0.1) is 0 Å². The Labute approximate surface area is 154 Å². The normalized spacial score (nSPS) is 18.4. The Balaban J connectivity index is 2.06. The molecule has 6 rings (SSSR count). The van der Waals surface area contributed by atoms with Crippen LogP contribution in [0.2, 0.25) is 0 Å². The minimum Gasteiger partial charge on any atom is -0.451 e. The third kappa shape index (κ3) is 1.31. The van der Waals surface area contributed by atoms with Gasteiger partial charge in [-0.3, -0.25) is 0 Å². The van der Waals surface area contributed by atoms with Crippen molar-refractivity contribution in [1.82, 2.24) is 4.57 Å². The molecule has 2 aliphatic rings. The van der Waals surface area contributed by atoms with Crippen LogP contribution >= 0.6 is 15.9 Å². The summed E-state index contributed by atoms with van der Waals surface area (Å²) in [6.45, 7) is 9.16. The van der Waals surface area contributed by atoms with Crippen molar-refractivity contribution in [2.45, 2.75) is 38.5 Å². The lowest BCUT2D eigenvalue weighted by Crippen LogP contribution is -2.31. The van der Waals surface area contributed by atoms with Crippen LogP contribution in [0.15, 0.2) is 45.5 Å². The van der Waals surface area contributed by atoms with Crippen LogP contribution in [0.25, 0.3) is 27.5 Å². The Morgan fingerprint density at radius 3 is 2.00 bits per heavy atom. The highest BCUT2D eigenvalue weighted by Crippen LogP contribution is 2.57. The van der Waals surface area contributed by atoms with E-state index < -0.39 is 0 Å². The van der Waals surface area contributed by atoms with Gasteiger partial charge in [0.1, 0.15) is 5.76 Å². The lowest BCUT2D eigenvalue weighted by molar-refractivity contribution is 0.410. The van der Waals surface area contributed by atoms with Gasteiger partial charge in [-0.05, 0) is 40.9 Å². The van der Waals surface area contributed by atoms with Crippen LogP contribution in [-0.4, -0.2) is 4.57 Å². The van der Waals surface area contributed by atoms with Crippen molar-refractivity contribution in [3.05, 3.63) is 63.5 Å². The van der Waals surface area contributed by atoms with Crippen LogP contribution < -0.4 is 0 Å². The van der Waals surface area contributed by atoms with E-state index in [1.54, 1.807) is 0 Å². The van der Waals surface area contributed by atoms with Crippen molar-refractivity contribution in [3.63, 3.8) is 0 Å². The highest BCUT2D eigenvalue weighted by Gasteiger charge is 2.47. The average Bonchev–Trinajstić information content (AvgIpc) is 3.09. The fourth-order valence-corrected chi connectivity index (χ4v) is 6.02. The quantitative estimate of drug-likeness (QED) is 0.338. The molecule has 3 heteroatoms. The van der Waals surface area contributed by atoms with Crippen LogP contribution in [0.5, 0.6) is 0 Å². The summed E-state index contributed by atoms with van der Waals surface area (Å²) in [7, 11) is 0. The zero-order valence-electron chi connectivity index (χ0n) is 14.7. The molecule has 0 N–H and O–H groups in total. The number of benzene rings is 2. The van der Waals surface area contributed by atoms with Gasteiger partial charge in [0.05, 0.1) is 22.1 Å². The summed E-state index contributed by atoms with van der Waals surface area (Å²) >= 11 is 3.74. The summed E-state index contributed by atoms with van der Waals surface area (Å²) < 4.78 is 9.70. The van der Waals surface area contributed by atoms with Gasteiger partial charge in [0.2, 0.25) is 0 Å². The third-order valence-electron chi connectivity index (χ3n) is 6.41. The van der Waals surface area contributed by atoms with Gasteiger partial charge in [0.15, 0.2) is 4.67 Å². The van der Waals surface area contributed by atoms with Gasteiger partial charge in [-0.15, -0.1) is 0 Å². The van der Waals surface area contributed by atoms with E-state index in [-0.39, 0.29) is 10.8 Å². The van der Waals surface area contributed by atoms with Crippen LogP contribution in [0.3, 0.4) is 0 Å². The number of hydrogen-bond acceptors (Lipinski definition) is 1. The number of para-hydroxylation sites is 2. The van der Waals surface area contributed by atoms with E-state index in [0.717, 1.165) is 10.4 Å². The predicted octanol–water partition coefficient (Wildman–Crippen LogP) is 6.42. The maximum atomic E-state index is 6.37. The Morgan fingerprint density at radius 1 is 0.840 bits per heavy atom. The summed E-state index contributed by atoms with van der Waals surface area (Å²) in [6, 6.07) is 13.4. The molecule has 0 fully saturated rings. The number of rotatable bonds is 0. The van der Waals surface area contributed by atoms with Crippen molar-refractivity contribution in [3.8, 4) is 5.69 Å². The van der Waals surface area contributed by atoms with Gasteiger partial charge in [0, 0.05) is 21.8 Å². The van der Waals surface area contributed by atoms with Crippen molar-refractivity contribution in [1.29, 1.82) is 0 Å². The van der Waals surface area contributed by atoms with Gasteiger partial charge < -0.3 is 8.98 Å². The smallest absolute Gasteiger partial charge is 0.175 e. The largest absolute Gasteiger partial charge is 0.451 e. The number of nitrogens with zero attached hydrogens (tertiary/aromatic N) is 1. The average molecular weight is 392 g/mol. The second-order valence-electron chi connectivity index (χ2n) is 8.42. The number of fused-ring (bicyclic) bond motifs is 1. The van der Waals surface area contributed by atoms with Crippen molar-refractivity contribution < 1.29 is 4.42 Å². The standard InChI is InChI=1S/C22H18BrNO/c1-21(2)13-9-5-7-11-12-8-6-10-14-17(12)24(16(11)13)18-15(21)20(23)25-19(18)22(14,3)4/h5-10H,1-4H3. The van der Waals surface area contributed by atoms with E-state index in [2.05, 4.69) is 84.6 Å². The first kappa shape index (κ1) is 14.2. The molecule has 2 nitrogen and oxygen atoms in total. The Hall–Kier alpha value is -2.00. The van der Waals surface area contributed by atoms with Crippen LogP contribution in [0.4, 0.5) is 0 Å². The molecule has 0 bridgehead atoms. The summed E-state index contributed by atoms with van der Waals surface area (Å²) in [4.78, 5) is 0. The molecule has 0 aliphatic carbocycles. The second-order valence-corrected chi connectivity index (χ2v) is 9.14. The molecule has 0 saturated carbocycles. The van der Waals surface area contributed by atoms with Gasteiger partial charge in [0.25, 0.3) is 0 Å². The third-order valence-corrected chi connectivity index (χ3v) is 6.97. The van der Waals surface area contributed by atoms with Gasteiger partial charge >= 0.3 is 0 Å². The molecule has 0 saturated heterocycles. The monoisotopic (exact) mass is 391 g/mol. The second kappa shape index (κ2) is 3.88. The minimum atomic E-state index is -0.159. The summed E-state index contributed by atoms with van der Waals surface area (Å²) in [5.41, 5.74) is 7.64. The van der Waals surface area contributed by atoms with E-state index in [4.69, 9.17) is 4.42 Å². The van der Waals surface area contributed by atoms with Crippen molar-refractivity contribution in [2.24, 2.45) is 0 Å². The fraction of sp³-hybridized carbons (Fsp3) is 0.273. The molecule has 0 unspecified atom stereocenters. The number of aromatic nitrogens is 1. The topological polar surface area (TPSA) is 18.1 Å². The van der Waals surface area contributed by atoms with Crippen molar-refractivity contribution in [2.75, 3.05) is 0 Å². The molecule has 0 amide bonds. The maximum Gasteiger partial charge on any atom is 0.175 e. The molecule has 124 valence electrons. The van der Waals surface area contributed by atoms with E-state index in [1.165, 1.54) is 44.2 Å². The van der Waals surface area contributed by atoms with E-state index in [0.29, 0.717) is 0 Å². The minimum absolute atomic E-state index is 0.104. The maximum absolute atomic E-state index is 6.37. The Bertz CT molecular complexity index is 1230. The highest BCUT2D eigenvalue weighted by molar-refractivity contribution is 9.10. The van der Waals surface area contributed by atoms with Gasteiger partial charge in [-0.1, -0.05) is 50.2 Å². The van der Waals surface area contributed by atoms with E-state index >= 15 is 0 Å². The first-order valence-electron chi connectivity index (χ1n) is 8.76. The predicted molar refractivity (Wildman–Crippen MR) is 105 cm³/mol. The lowest BCUT2D eigenvalue weighted by Gasteiger charge is -2.37. The molecular formula is C22H18BrNO. The number of furan rings is 1. The zero-order valence-corrected chi connectivity index (χ0v) is 16.3. The first-order chi connectivity index (χ1) is 11.8. The van der Waals surface area contributed by atoms with Gasteiger partial charge in [-0.2, -0.15) is 0 Å². The fourth-order valence-electron chi connectivity index (χ4n) is 5.18. The van der Waals surface area contributed by atoms with E-state index in [9.17, 15) is 0 Å². The lowest BCUT2D eigenvalue weighted by atomic mass is 9.72. The molecule has 4 aromatic rings. The summed E-state index contributed by atoms with van der Waals surface area (Å²) in [5.74, 6) is 1.06. The Kier molecular flexibility index (Phi) is 2.20. The molecule has 2 aromatic carbocycles. The number of halogens is 1. The molecule has 0 spiro atoms. The molecule has 0 atom stereocenters. The molecule has 25 heavy (non-hydrogen) atoms. The summed E-state index contributed by atoms with van der Waals surface area (Å²) in [5, 5.41) is 2.68. The molecule has 2 aliphatic heterocycles.